The minimum Gasteiger partial charge on any atom is -0.368 e. The molecule has 126 valence electrons. The molecule has 4 nitrogen and oxygen atoms in total. The van der Waals surface area contributed by atoms with E-state index in [1.54, 1.807) is 30.3 Å². The predicted octanol–water partition coefficient (Wildman–Crippen LogP) is 2.83. The maximum Gasteiger partial charge on any atom is 0.416 e. The van der Waals surface area contributed by atoms with Gasteiger partial charge in [0.25, 0.3) is 5.91 Å². The molecule has 0 aliphatic heterocycles. The Balaban J connectivity index is 2.29. The van der Waals surface area contributed by atoms with Gasteiger partial charge in [0.2, 0.25) is 5.91 Å². The van der Waals surface area contributed by atoms with Crippen LogP contribution in [-0.2, 0) is 17.5 Å². The van der Waals surface area contributed by atoms with Gasteiger partial charge in [0.05, 0.1) is 12.1 Å². The van der Waals surface area contributed by atoms with Crippen LogP contribution in [-0.4, -0.2) is 23.3 Å². The lowest BCUT2D eigenvalue weighted by molar-refractivity contribution is -0.137. The molecule has 0 saturated heterocycles. The van der Waals surface area contributed by atoms with Gasteiger partial charge in [-0.25, -0.2) is 0 Å². The Morgan fingerprint density at radius 2 is 1.67 bits per heavy atom. The molecule has 0 atom stereocenters. The van der Waals surface area contributed by atoms with E-state index in [0.717, 1.165) is 28.7 Å². The van der Waals surface area contributed by atoms with Crippen LogP contribution in [0, 0.1) is 0 Å². The van der Waals surface area contributed by atoms with Gasteiger partial charge in [-0.1, -0.05) is 36.4 Å². The first-order valence-corrected chi connectivity index (χ1v) is 7.06. The lowest BCUT2D eigenvalue weighted by Crippen LogP contribution is -2.38. The molecule has 0 fully saturated rings. The molecular formula is C17H15F3N2O2. The number of nitrogens with two attached hydrogens (primary N) is 1. The van der Waals surface area contributed by atoms with Crippen LogP contribution in [0.3, 0.4) is 0 Å². The molecule has 2 aromatic rings. The minimum atomic E-state index is -4.55. The van der Waals surface area contributed by atoms with Gasteiger partial charge in [0.1, 0.15) is 0 Å². The molecule has 0 aliphatic rings. The quantitative estimate of drug-likeness (QED) is 0.912. The number of amides is 2. The Labute approximate surface area is 136 Å². The van der Waals surface area contributed by atoms with Crippen molar-refractivity contribution in [2.45, 2.75) is 12.7 Å². The van der Waals surface area contributed by atoms with Crippen molar-refractivity contribution < 1.29 is 22.8 Å². The van der Waals surface area contributed by atoms with Crippen LogP contribution in [0.25, 0.3) is 0 Å². The van der Waals surface area contributed by atoms with Crippen molar-refractivity contribution >= 4 is 11.8 Å². The third-order valence-electron chi connectivity index (χ3n) is 3.29. The summed E-state index contributed by atoms with van der Waals surface area (Å²) >= 11 is 0. The van der Waals surface area contributed by atoms with Crippen LogP contribution >= 0.6 is 0 Å². The topological polar surface area (TPSA) is 63.4 Å². The second-order valence-corrected chi connectivity index (χ2v) is 5.19. The highest BCUT2D eigenvalue weighted by Crippen LogP contribution is 2.29. The van der Waals surface area contributed by atoms with Gasteiger partial charge in [-0.15, -0.1) is 0 Å². The number of hydrogen-bond acceptors (Lipinski definition) is 2. The molecule has 0 saturated carbocycles. The van der Waals surface area contributed by atoms with Crippen LogP contribution < -0.4 is 5.73 Å². The Hall–Kier alpha value is -2.83. The van der Waals surface area contributed by atoms with Crippen molar-refractivity contribution in [3.05, 3.63) is 71.3 Å². The summed E-state index contributed by atoms with van der Waals surface area (Å²) in [6, 6.07) is 12.9. The standard InChI is InChI=1S/C17H15F3N2O2/c18-17(19,20)14-8-4-7-13(9-14)16(24)22(11-15(21)23)10-12-5-2-1-3-6-12/h1-9H,10-11H2,(H2,21,23). The Morgan fingerprint density at radius 1 is 1.00 bits per heavy atom. The normalized spacial score (nSPS) is 11.1. The molecule has 0 heterocycles. The van der Waals surface area contributed by atoms with Gasteiger partial charge in [0, 0.05) is 12.1 Å². The molecule has 0 aromatic heterocycles. The van der Waals surface area contributed by atoms with Gasteiger partial charge in [-0.05, 0) is 23.8 Å². The van der Waals surface area contributed by atoms with E-state index in [2.05, 4.69) is 0 Å². The average molecular weight is 336 g/mol. The monoisotopic (exact) mass is 336 g/mol. The summed E-state index contributed by atoms with van der Waals surface area (Å²) < 4.78 is 38.4. The van der Waals surface area contributed by atoms with E-state index in [0.29, 0.717) is 0 Å². The highest BCUT2D eigenvalue weighted by Gasteiger charge is 2.31. The molecule has 0 aliphatic carbocycles. The molecule has 0 radical (unpaired) electrons. The SMILES string of the molecule is NC(=O)CN(Cc1ccccc1)C(=O)c1cccc(C(F)(F)F)c1. The molecule has 2 aromatic carbocycles. The largest absolute Gasteiger partial charge is 0.416 e. The van der Waals surface area contributed by atoms with Crippen LogP contribution in [0.5, 0.6) is 0 Å². The smallest absolute Gasteiger partial charge is 0.368 e. The summed E-state index contributed by atoms with van der Waals surface area (Å²) in [6.45, 7) is -0.317. The van der Waals surface area contributed by atoms with E-state index in [1.807, 2.05) is 0 Å². The maximum absolute atomic E-state index is 12.8. The Kier molecular flexibility index (Phi) is 5.23. The van der Waals surface area contributed by atoms with Crippen molar-refractivity contribution in [2.75, 3.05) is 6.54 Å². The molecule has 2 rings (SSSR count). The summed E-state index contributed by atoms with van der Waals surface area (Å²) in [5, 5.41) is 0. The fourth-order valence-corrected chi connectivity index (χ4v) is 2.20. The number of primary amides is 1. The van der Waals surface area contributed by atoms with E-state index in [4.69, 9.17) is 5.73 Å². The van der Waals surface area contributed by atoms with E-state index in [1.165, 1.54) is 6.07 Å². The van der Waals surface area contributed by atoms with Crippen molar-refractivity contribution in [2.24, 2.45) is 5.73 Å². The fourth-order valence-electron chi connectivity index (χ4n) is 2.20. The van der Waals surface area contributed by atoms with E-state index in [9.17, 15) is 22.8 Å². The number of benzene rings is 2. The van der Waals surface area contributed by atoms with Gasteiger partial charge >= 0.3 is 6.18 Å². The average Bonchev–Trinajstić information content (AvgIpc) is 2.53. The third-order valence-corrected chi connectivity index (χ3v) is 3.29. The molecule has 7 heteroatoms. The van der Waals surface area contributed by atoms with Crippen molar-refractivity contribution in [3.63, 3.8) is 0 Å². The van der Waals surface area contributed by atoms with E-state index in [-0.39, 0.29) is 18.7 Å². The van der Waals surface area contributed by atoms with Crippen LogP contribution in [0.15, 0.2) is 54.6 Å². The zero-order valence-corrected chi connectivity index (χ0v) is 12.6. The van der Waals surface area contributed by atoms with E-state index >= 15 is 0 Å². The number of nitrogens with zero attached hydrogens (tertiary/aromatic N) is 1. The maximum atomic E-state index is 12.8. The number of rotatable bonds is 5. The highest BCUT2D eigenvalue weighted by atomic mass is 19.4. The molecule has 24 heavy (non-hydrogen) atoms. The molecule has 2 N–H and O–H groups in total. The fraction of sp³-hybridized carbons (Fsp3) is 0.176. The number of carbonyl (C=O) groups excluding carboxylic acids is 2. The first kappa shape index (κ1) is 17.5. The van der Waals surface area contributed by atoms with Crippen LogP contribution in [0.2, 0.25) is 0 Å². The summed E-state index contributed by atoms with van der Waals surface area (Å²) in [4.78, 5) is 24.8. The van der Waals surface area contributed by atoms with Crippen molar-refractivity contribution in [1.29, 1.82) is 0 Å². The Bertz CT molecular complexity index is 730. The van der Waals surface area contributed by atoms with E-state index < -0.39 is 23.6 Å². The summed E-state index contributed by atoms with van der Waals surface area (Å²) in [5.41, 5.74) is 4.81. The Morgan fingerprint density at radius 3 is 2.25 bits per heavy atom. The summed E-state index contributed by atoms with van der Waals surface area (Å²) in [7, 11) is 0. The van der Waals surface area contributed by atoms with Gasteiger partial charge in [0.15, 0.2) is 0 Å². The molecule has 0 unspecified atom stereocenters. The first-order valence-electron chi connectivity index (χ1n) is 7.06. The van der Waals surface area contributed by atoms with Gasteiger partial charge in [-0.3, -0.25) is 9.59 Å². The minimum absolute atomic E-state index is 0.0683. The number of halogens is 3. The second-order valence-electron chi connectivity index (χ2n) is 5.19. The first-order chi connectivity index (χ1) is 11.3. The molecule has 0 spiro atoms. The van der Waals surface area contributed by atoms with Crippen LogP contribution in [0.1, 0.15) is 21.5 Å². The number of hydrogen-bond donors (Lipinski definition) is 1. The zero-order valence-electron chi connectivity index (χ0n) is 12.6. The highest BCUT2D eigenvalue weighted by molar-refractivity contribution is 5.96. The summed E-state index contributed by atoms with van der Waals surface area (Å²) in [6.07, 6.45) is -4.55. The van der Waals surface area contributed by atoms with Crippen LogP contribution in [0.4, 0.5) is 13.2 Å². The predicted molar refractivity (Wildman–Crippen MR) is 81.8 cm³/mol. The lowest BCUT2D eigenvalue weighted by atomic mass is 10.1. The lowest BCUT2D eigenvalue weighted by Gasteiger charge is -2.22. The van der Waals surface area contributed by atoms with Crippen molar-refractivity contribution in [1.82, 2.24) is 4.90 Å². The molecule has 0 bridgehead atoms. The number of carbonyl (C=O) groups is 2. The second kappa shape index (κ2) is 7.16. The van der Waals surface area contributed by atoms with Gasteiger partial charge in [-0.2, -0.15) is 13.2 Å². The summed E-state index contributed by atoms with van der Waals surface area (Å²) in [5.74, 6) is -1.44. The molecular weight excluding hydrogens is 321 g/mol. The number of alkyl halides is 3. The van der Waals surface area contributed by atoms with Gasteiger partial charge < -0.3 is 10.6 Å². The van der Waals surface area contributed by atoms with Crippen molar-refractivity contribution in [3.8, 4) is 0 Å². The zero-order chi connectivity index (χ0) is 17.7. The molecule has 2 amide bonds. The third kappa shape index (κ3) is 4.58.